The van der Waals surface area contributed by atoms with Crippen LogP contribution in [0.2, 0.25) is 0 Å². The number of unbranched alkanes of at least 4 members (excludes halogenated alkanes) is 3. The van der Waals surface area contributed by atoms with E-state index in [2.05, 4.69) is 18.3 Å². The first kappa shape index (κ1) is 31.1. The van der Waals surface area contributed by atoms with Crippen molar-refractivity contribution in [2.45, 2.75) is 95.2 Å². The van der Waals surface area contributed by atoms with Crippen molar-refractivity contribution in [1.29, 1.82) is 0 Å². The van der Waals surface area contributed by atoms with Crippen LogP contribution in [-0.4, -0.2) is 57.5 Å². The lowest BCUT2D eigenvalue weighted by Gasteiger charge is -2.51. The lowest BCUT2D eigenvalue weighted by atomic mass is 9.71. The Morgan fingerprint density at radius 3 is 2.33 bits per heavy atom. The lowest BCUT2D eigenvalue weighted by Crippen LogP contribution is -2.54. The summed E-state index contributed by atoms with van der Waals surface area (Å²) in [7, 11) is 4.64. The Bertz CT molecular complexity index is 1460. The summed E-state index contributed by atoms with van der Waals surface area (Å²) in [6, 6.07) is 7.52. The molecule has 1 saturated carbocycles. The number of methoxy groups -OCH3 is 3. The van der Waals surface area contributed by atoms with E-state index < -0.39 is 17.7 Å². The van der Waals surface area contributed by atoms with Gasteiger partial charge in [-0.2, -0.15) is 0 Å². The number of nitrogens with zero attached hydrogens (tertiary/aromatic N) is 1. The first-order chi connectivity index (χ1) is 21.9. The van der Waals surface area contributed by atoms with Gasteiger partial charge in [0.25, 0.3) is 0 Å². The molecule has 0 spiro atoms. The SMILES string of the molecule is CCCCCCC12C(=Cc3cc4c(cc31)OCCO4)c1cc(OC)c(OC)cc1C(CC(=O)NC1CCCCC1)N2C(=O)OC. The minimum absolute atomic E-state index is 0.0736. The van der Waals surface area contributed by atoms with Crippen LogP contribution in [0, 0.1) is 0 Å². The number of hydrogen-bond acceptors (Lipinski definition) is 7. The van der Waals surface area contributed by atoms with Gasteiger partial charge in [0, 0.05) is 6.04 Å². The number of rotatable bonds is 10. The molecule has 1 N–H and O–H groups in total. The molecule has 0 bridgehead atoms. The molecule has 6 rings (SSSR count). The van der Waals surface area contributed by atoms with Crippen molar-refractivity contribution in [3.63, 3.8) is 0 Å². The summed E-state index contributed by atoms with van der Waals surface area (Å²) in [6.45, 7) is 3.13. The average molecular weight is 619 g/mol. The molecule has 1 fully saturated rings. The molecule has 0 radical (unpaired) electrons. The van der Waals surface area contributed by atoms with Crippen LogP contribution in [-0.2, 0) is 15.1 Å². The molecule has 2 atom stereocenters. The van der Waals surface area contributed by atoms with Gasteiger partial charge in [0.15, 0.2) is 23.0 Å². The van der Waals surface area contributed by atoms with Crippen molar-refractivity contribution in [2.75, 3.05) is 34.5 Å². The van der Waals surface area contributed by atoms with Crippen LogP contribution < -0.4 is 24.3 Å². The van der Waals surface area contributed by atoms with Crippen molar-refractivity contribution in [1.82, 2.24) is 10.2 Å². The van der Waals surface area contributed by atoms with Gasteiger partial charge in [-0.1, -0.05) is 51.9 Å². The summed E-state index contributed by atoms with van der Waals surface area (Å²) in [5.74, 6) is 2.42. The summed E-state index contributed by atoms with van der Waals surface area (Å²) in [4.78, 5) is 29.9. The number of benzene rings is 2. The largest absolute Gasteiger partial charge is 0.493 e. The Balaban J connectivity index is 1.55. The normalized spacial score (nSPS) is 21.6. The maximum atomic E-state index is 14.2. The van der Waals surface area contributed by atoms with Crippen LogP contribution in [0.5, 0.6) is 23.0 Å². The molecule has 2 heterocycles. The van der Waals surface area contributed by atoms with Crippen molar-refractivity contribution in [3.05, 3.63) is 46.5 Å². The molecule has 9 nitrogen and oxygen atoms in total. The van der Waals surface area contributed by atoms with E-state index in [9.17, 15) is 9.59 Å². The van der Waals surface area contributed by atoms with Crippen LogP contribution in [0.3, 0.4) is 0 Å². The van der Waals surface area contributed by atoms with Gasteiger partial charge < -0.3 is 29.0 Å². The highest BCUT2D eigenvalue weighted by molar-refractivity contribution is 6.00. The van der Waals surface area contributed by atoms with Gasteiger partial charge in [0.05, 0.1) is 39.3 Å². The quantitative estimate of drug-likeness (QED) is 0.283. The van der Waals surface area contributed by atoms with E-state index in [1.807, 2.05) is 29.2 Å². The zero-order valence-corrected chi connectivity index (χ0v) is 27.0. The minimum atomic E-state index is -0.894. The molecular formula is C36H46N2O7. The summed E-state index contributed by atoms with van der Waals surface area (Å²) in [5.41, 5.74) is 3.77. The third-order valence-corrected chi connectivity index (χ3v) is 9.95. The van der Waals surface area contributed by atoms with E-state index in [1.54, 1.807) is 14.2 Å². The van der Waals surface area contributed by atoms with E-state index in [0.717, 1.165) is 79.2 Å². The first-order valence-electron chi connectivity index (χ1n) is 16.5. The number of nitrogens with one attached hydrogen (secondary N) is 1. The lowest BCUT2D eigenvalue weighted by molar-refractivity contribution is -0.123. The molecule has 2 aliphatic heterocycles. The fourth-order valence-corrected chi connectivity index (χ4v) is 7.86. The molecule has 4 aliphatic rings. The summed E-state index contributed by atoms with van der Waals surface area (Å²) >= 11 is 0. The molecule has 2 aromatic rings. The van der Waals surface area contributed by atoms with Crippen molar-refractivity contribution in [3.8, 4) is 23.0 Å². The van der Waals surface area contributed by atoms with Gasteiger partial charge in [-0.15, -0.1) is 0 Å². The maximum absolute atomic E-state index is 14.2. The molecule has 45 heavy (non-hydrogen) atoms. The van der Waals surface area contributed by atoms with Gasteiger partial charge in [-0.3, -0.25) is 9.69 Å². The molecule has 0 aromatic heterocycles. The highest BCUT2D eigenvalue weighted by Gasteiger charge is 2.56. The van der Waals surface area contributed by atoms with Gasteiger partial charge in [0.2, 0.25) is 5.91 Å². The fourth-order valence-electron chi connectivity index (χ4n) is 7.86. The summed E-state index contributed by atoms with van der Waals surface area (Å²) in [6.07, 6.45) is 11.9. The smallest absolute Gasteiger partial charge is 0.411 e. The molecular weight excluding hydrogens is 572 g/mol. The van der Waals surface area contributed by atoms with E-state index in [-0.39, 0.29) is 18.4 Å². The van der Waals surface area contributed by atoms with Gasteiger partial charge in [0.1, 0.15) is 13.2 Å². The Morgan fingerprint density at radius 2 is 1.64 bits per heavy atom. The predicted octanol–water partition coefficient (Wildman–Crippen LogP) is 7.16. The zero-order chi connectivity index (χ0) is 31.6. The molecule has 9 heteroatoms. The standard InChI is InChI=1S/C36H46N2O7/c1-5-6-7-11-14-36-27-21-33-32(44-15-16-45-33)18-23(27)17-28(36)25-19-30(41-2)31(42-3)20-26(25)29(38(36)35(40)43-4)22-34(39)37-24-12-9-8-10-13-24/h17-21,24,29H,5-16,22H2,1-4H3,(H,37,39). The number of amides is 2. The van der Waals surface area contributed by atoms with Gasteiger partial charge in [-0.25, -0.2) is 4.79 Å². The number of ether oxygens (including phenoxy) is 5. The second-order valence-corrected chi connectivity index (χ2v) is 12.6. The van der Waals surface area contributed by atoms with Crippen LogP contribution in [0.15, 0.2) is 24.3 Å². The third-order valence-electron chi connectivity index (χ3n) is 9.95. The Labute approximate surface area is 266 Å². The van der Waals surface area contributed by atoms with E-state index in [1.165, 1.54) is 13.5 Å². The number of fused-ring (bicyclic) bond motifs is 6. The Hall–Kier alpha value is -3.88. The molecule has 2 aliphatic carbocycles. The Morgan fingerprint density at radius 1 is 0.933 bits per heavy atom. The van der Waals surface area contributed by atoms with Crippen molar-refractivity contribution < 1.29 is 33.3 Å². The molecule has 2 amide bonds. The highest BCUT2D eigenvalue weighted by atomic mass is 16.6. The first-order valence-corrected chi connectivity index (χ1v) is 16.5. The fraction of sp³-hybridized carbons (Fsp3) is 0.556. The topological polar surface area (TPSA) is 95.6 Å². The van der Waals surface area contributed by atoms with Crippen molar-refractivity contribution >= 4 is 23.6 Å². The minimum Gasteiger partial charge on any atom is -0.493 e. The number of carbonyl (C=O) groups is 2. The van der Waals surface area contributed by atoms with Crippen LogP contribution in [0.4, 0.5) is 4.79 Å². The number of hydrogen-bond donors (Lipinski definition) is 1. The second kappa shape index (κ2) is 13.2. The highest BCUT2D eigenvalue weighted by Crippen LogP contribution is 2.61. The molecule has 0 saturated heterocycles. The molecule has 2 aromatic carbocycles. The maximum Gasteiger partial charge on any atom is 0.411 e. The average Bonchev–Trinajstić information content (AvgIpc) is 3.38. The third kappa shape index (κ3) is 5.59. The van der Waals surface area contributed by atoms with Crippen LogP contribution in [0.25, 0.3) is 11.6 Å². The van der Waals surface area contributed by atoms with Gasteiger partial charge >= 0.3 is 6.09 Å². The summed E-state index contributed by atoms with van der Waals surface area (Å²) < 4.78 is 29.2. The van der Waals surface area contributed by atoms with E-state index in [4.69, 9.17) is 23.7 Å². The van der Waals surface area contributed by atoms with E-state index >= 15 is 0 Å². The molecule has 2 unspecified atom stereocenters. The predicted molar refractivity (Wildman–Crippen MR) is 172 cm³/mol. The van der Waals surface area contributed by atoms with Crippen LogP contribution in [0.1, 0.15) is 106 Å². The Kier molecular flexibility index (Phi) is 9.15. The summed E-state index contributed by atoms with van der Waals surface area (Å²) in [5, 5.41) is 3.29. The monoisotopic (exact) mass is 618 g/mol. The van der Waals surface area contributed by atoms with E-state index in [0.29, 0.717) is 42.6 Å². The van der Waals surface area contributed by atoms with Crippen LogP contribution >= 0.6 is 0 Å². The number of carbonyl (C=O) groups excluding carboxylic acids is 2. The van der Waals surface area contributed by atoms with Gasteiger partial charge in [-0.05, 0) is 77.4 Å². The van der Waals surface area contributed by atoms with Crippen molar-refractivity contribution in [2.24, 2.45) is 0 Å². The second-order valence-electron chi connectivity index (χ2n) is 12.6. The zero-order valence-electron chi connectivity index (χ0n) is 27.0. The molecule has 242 valence electrons.